The molecule has 0 spiro atoms. The average Bonchev–Trinajstić information content (AvgIpc) is 3.40. The second-order valence-corrected chi connectivity index (χ2v) is 11.5. The fourth-order valence-electron chi connectivity index (χ4n) is 6.30. The molecule has 7 rings (SSSR count). The molecular weight excluding hydrogens is 566 g/mol. The first kappa shape index (κ1) is 28.5. The summed E-state index contributed by atoms with van der Waals surface area (Å²) >= 11 is 0. The van der Waals surface area contributed by atoms with E-state index in [9.17, 15) is 14.4 Å². The maximum Gasteiger partial charge on any atom is 0.326 e. The van der Waals surface area contributed by atoms with E-state index in [-0.39, 0.29) is 29.7 Å². The lowest BCUT2D eigenvalue weighted by Gasteiger charge is -2.32. The first-order chi connectivity index (χ1) is 22.0. The lowest BCUT2D eigenvalue weighted by atomic mass is 9.97. The SMILES string of the molecule is NCC(=O)Nc1ccc2[nH]c(=O)n(C3CCN(Cc4ccc(-c5nc6cc[nH]c(=O)c6cc5-c5ccccc5)cc4)CC3)c2c1. The number of carbonyl (C=O) groups is 1. The van der Waals surface area contributed by atoms with Gasteiger partial charge in [-0.05, 0) is 54.3 Å². The molecule has 3 aromatic carbocycles. The van der Waals surface area contributed by atoms with Crippen LogP contribution >= 0.6 is 0 Å². The highest BCUT2D eigenvalue weighted by Crippen LogP contribution is 2.33. The topological polar surface area (TPSA) is 142 Å². The van der Waals surface area contributed by atoms with E-state index in [2.05, 4.69) is 44.5 Å². The Morgan fingerprint density at radius 1 is 0.933 bits per heavy atom. The van der Waals surface area contributed by atoms with Gasteiger partial charge in [0, 0.05) is 48.7 Å². The first-order valence-corrected chi connectivity index (χ1v) is 15.1. The van der Waals surface area contributed by atoms with Crippen LogP contribution < -0.4 is 22.3 Å². The Morgan fingerprint density at radius 3 is 2.47 bits per heavy atom. The van der Waals surface area contributed by atoms with Gasteiger partial charge in [-0.2, -0.15) is 0 Å². The molecule has 0 saturated carbocycles. The fraction of sp³-hybridized carbons (Fsp3) is 0.200. The molecule has 3 aromatic heterocycles. The Labute approximate surface area is 258 Å². The molecule has 4 heterocycles. The minimum Gasteiger partial charge on any atom is -0.328 e. The summed E-state index contributed by atoms with van der Waals surface area (Å²) in [6, 6.07) is 27.7. The largest absolute Gasteiger partial charge is 0.328 e. The second-order valence-electron chi connectivity index (χ2n) is 11.5. The molecule has 0 radical (unpaired) electrons. The quantitative estimate of drug-likeness (QED) is 0.211. The molecule has 6 aromatic rings. The summed E-state index contributed by atoms with van der Waals surface area (Å²) in [5, 5.41) is 3.34. The number of rotatable bonds is 7. The van der Waals surface area contributed by atoms with Crippen LogP contribution in [-0.4, -0.2) is 50.0 Å². The number of likely N-dealkylation sites (tertiary alicyclic amines) is 1. The third kappa shape index (κ3) is 5.68. The highest BCUT2D eigenvalue weighted by Gasteiger charge is 2.24. The Balaban J connectivity index is 1.08. The van der Waals surface area contributed by atoms with Crippen molar-refractivity contribution in [2.45, 2.75) is 25.4 Å². The molecule has 0 aliphatic carbocycles. The number of anilines is 1. The van der Waals surface area contributed by atoms with Gasteiger partial charge in [0.1, 0.15) is 0 Å². The predicted octanol–water partition coefficient (Wildman–Crippen LogP) is 4.63. The van der Waals surface area contributed by atoms with Gasteiger partial charge in [0.15, 0.2) is 0 Å². The number of carbonyl (C=O) groups excluding carboxylic acids is 1. The van der Waals surface area contributed by atoms with E-state index in [1.165, 1.54) is 5.56 Å². The molecule has 45 heavy (non-hydrogen) atoms. The molecule has 1 aliphatic heterocycles. The van der Waals surface area contributed by atoms with Crippen molar-refractivity contribution >= 4 is 33.5 Å². The average molecular weight is 600 g/mol. The van der Waals surface area contributed by atoms with Crippen LogP contribution in [0.2, 0.25) is 0 Å². The van der Waals surface area contributed by atoms with Crippen LogP contribution in [0.1, 0.15) is 24.4 Å². The maximum absolute atomic E-state index is 12.9. The highest BCUT2D eigenvalue weighted by molar-refractivity contribution is 5.94. The van der Waals surface area contributed by atoms with Crippen LogP contribution in [0.25, 0.3) is 44.3 Å². The molecule has 0 bridgehead atoms. The number of fused-ring (bicyclic) bond motifs is 2. The van der Waals surface area contributed by atoms with Crippen LogP contribution in [0.3, 0.4) is 0 Å². The maximum atomic E-state index is 12.9. The summed E-state index contributed by atoms with van der Waals surface area (Å²) in [6.45, 7) is 2.41. The Bertz CT molecular complexity index is 2120. The van der Waals surface area contributed by atoms with Gasteiger partial charge in [-0.3, -0.25) is 19.1 Å². The minimum absolute atomic E-state index is 0.0629. The monoisotopic (exact) mass is 599 g/mol. The lowest BCUT2D eigenvalue weighted by molar-refractivity contribution is -0.114. The Kier molecular flexibility index (Phi) is 7.58. The van der Waals surface area contributed by atoms with Gasteiger partial charge in [0.2, 0.25) is 5.91 Å². The van der Waals surface area contributed by atoms with Crippen molar-refractivity contribution in [2.24, 2.45) is 5.73 Å². The smallest absolute Gasteiger partial charge is 0.326 e. The number of H-pyrrole nitrogens is 2. The summed E-state index contributed by atoms with van der Waals surface area (Å²) in [5.41, 5.74) is 12.9. The highest BCUT2D eigenvalue weighted by atomic mass is 16.2. The van der Waals surface area contributed by atoms with Crippen LogP contribution in [0.4, 0.5) is 5.69 Å². The van der Waals surface area contributed by atoms with Gasteiger partial charge in [0.25, 0.3) is 5.56 Å². The van der Waals surface area contributed by atoms with Gasteiger partial charge in [-0.15, -0.1) is 0 Å². The molecule has 1 amide bonds. The summed E-state index contributed by atoms with van der Waals surface area (Å²) in [5.74, 6) is -0.276. The van der Waals surface area contributed by atoms with E-state index in [0.29, 0.717) is 16.6 Å². The van der Waals surface area contributed by atoms with Gasteiger partial charge in [-0.25, -0.2) is 9.78 Å². The Hall–Kier alpha value is -5.32. The third-order valence-electron chi connectivity index (χ3n) is 8.58. The number of aromatic amines is 2. The number of nitrogens with zero attached hydrogens (tertiary/aromatic N) is 3. The van der Waals surface area contributed by atoms with E-state index >= 15 is 0 Å². The number of piperidine rings is 1. The number of aromatic nitrogens is 4. The Morgan fingerprint density at radius 2 is 1.71 bits per heavy atom. The lowest BCUT2D eigenvalue weighted by Crippen LogP contribution is -2.36. The number of amides is 1. The molecule has 5 N–H and O–H groups in total. The van der Waals surface area contributed by atoms with Crippen LogP contribution in [0.15, 0.2) is 101 Å². The standard InChI is InChI=1S/C35H33N7O3/c36-20-32(43)38-25-10-11-30-31(18-25)42(35(45)40-30)26-13-16-41(17-14-26)21-22-6-8-24(9-7-22)33-27(23-4-2-1-3-5-23)19-28-29(39-33)12-15-37-34(28)44/h1-12,15,18-19,26H,13-14,16-17,20-21,36H2,(H,37,44)(H,38,43)(H,40,45). The summed E-state index contributed by atoms with van der Waals surface area (Å²) in [7, 11) is 0. The number of pyridine rings is 2. The number of nitrogens with one attached hydrogen (secondary N) is 3. The zero-order valence-electron chi connectivity index (χ0n) is 24.6. The second kappa shape index (κ2) is 12.0. The number of hydrogen-bond donors (Lipinski definition) is 4. The van der Waals surface area contributed by atoms with E-state index in [0.717, 1.165) is 65.9 Å². The van der Waals surface area contributed by atoms with Crippen molar-refractivity contribution < 1.29 is 4.79 Å². The number of hydrogen-bond acceptors (Lipinski definition) is 6. The third-order valence-corrected chi connectivity index (χ3v) is 8.58. The van der Waals surface area contributed by atoms with E-state index in [4.69, 9.17) is 10.7 Å². The molecule has 10 nitrogen and oxygen atoms in total. The van der Waals surface area contributed by atoms with Crippen molar-refractivity contribution in [1.82, 2.24) is 24.4 Å². The molecule has 1 fully saturated rings. The van der Waals surface area contributed by atoms with Crippen LogP contribution in [-0.2, 0) is 11.3 Å². The molecule has 1 aliphatic rings. The number of benzene rings is 3. The predicted molar refractivity (Wildman–Crippen MR) is 177 cm³/mol. The molecule has 1 saturated heterocycles. The van der Waals surface area contributed by atoms with Crippen molar-refractivity contribution in [3.8, 4) is 22.4 Å². The molecule has 226 valence electrons. The van der Waals surface area contributed by atoms with Gasteiger partial charge in [-0.1, -0.05) is 54.6 Å². The normalized spacial score (nSPS) is 14.2. The fourth-order valence-corrected chi connectivity index (χ4v) is 6.30. The molecular formula is C35H33N7O3. The van der Waals surface area contributed by atoms with Crippen molar-refractivity contribution in [3.63, 3.8) is 0 Å². The summed E-state index contributed by atoms with van der Waals surface area (Å²) in [4.78, 5) is 50.3. The van der Waals surface area contributed by atoms with Crippen molar-refractivity contribution in [3.05, 3.63) is 118 Å². The molecule has 0 atom stereocenters. The zero-order chi connectivity index (χ0) is 30.9. The van der Waals surface area contributed by atoms with Gasteiger partial charge in [0.05, 0.1) is 34.2 Å². The van der Waals surface area contributed by atoms with E-state index in [1.807, 2.05) is 59.2 Å². The summed E-state index contributed by atoms with van der Waals surface area (Å²) in [6.07, 6.45) is 3.31. The van der Waals surface area contributed by atoms with E-state index in [1.54, 1.807) is 12.3 Å². The minimum atomic E-state index is -0.276. The summed E-state index contributed by atoms with van der Waals surface area (Å²) < 4.78 is 1.83. The first-order valence-electron chi connectivity index (χ1n) is 15.1. The molecule has 0 unspecified atom stereocenters. The number of imidazole rings is 1. The van der Waals surface area contributed by atoms with Crippen LogP contribution in [0, 0.1) is 0 Å². The van der Waals surface area contributed by atoms with Gasteiger partial charge < -0.3 is 21.0 Å². The number of nitrogens with two attached hydrogens (primary N) is 1. The van der Waals surface area contributed by atoms with Crippen molar-refractivity contribution in [2.75, 3.05) is 25.0 Å². The zero-order valence-corrected chi connectivity index (χ0v) is 24.6. The van der Waals surface area contributed by atoms with Crippen LogP contribution in [0.5, 0.6) is 0 Å². The molecule has 10 heteroatoms. The van der Waals surface area contributed by atoms with Gasteiger partial charge >= 0.3 is 5.69 Å². The van der Waals surface area contributed by atoms with E-state index < -0.39 is 0 Å². The van der Waals surface area contributed by atoms with Crippen molar-refractivity contribution in [1.29, 1.82) is 0 Å².